The molecule has 1 aromatic heterocycles. The summed E-state index contributed by atoms with van der Waals surface area (Å²) >= 11 is 25.2. The summed E-state index contributed by atoms with van der Waals surface area (Å²) in [5.41, 5.74) is 0.856. The van der Waals surface area contributed by atoms with E-state index in [2.05, 4.69) is 20.8 Å². The molecule has 0 saturated heterocycles. The summed E-state index contributed by atoms with van der Waals surface area (Å²) in [5.74, 6) is 0.100. The van der Waals surface area contributed by atoms with Crippen LogP contribution in [-0.2, 0) is 11.8 Å². The van der Waals surface area contributed by atoms with Gasteiger partial charge in [0.05, 0.1) is 32.5 Å². The molecule has 0 spiro atoms. The Morgan fingerprint density at radius 3 is 2.38 bits per heavy atom. The molecule has 0 saturated carbocycles. The van der Waals surface area contributed by atoms with E-state index >= 15 is 0 Å². The minimum Gasteiger partial charge on any atom is -0.342 e. The highest BCUT2D eigenvalue weighted by molar-refractivity contribution is 7.99. The number of thioether (sulfide) groups is 1. The molecular weight excluding hydrogens is 540 g/mol. The first-order chi connectivity index (χ1) is 16.1. The molecule has 12 heteroatoms. The van der Waals surface area contributed by atoms with Crippen LogP contribution in [0.3, 0.4) is 0 Å². The number of benzene rings is 2. The first-order valence-electron chi connectivity index (χ1n) is 10.1. The predicted molar refractivity (Wildman–Crippen MR) is 138 cm³/mol. The van der Waals surface area contributed by atoms with Gasteiger partial charge in [0, 0.05) is 17.6 Å². The maximum absolute atomic E-state index is 12.8. The first kappa shape index (κ1) is 26.6. The van der Waals surface area contributed by atoms with Crippen LogP contribution in [0.2, 0.25) is 20.1 Å². The van der Waals surface area contributed by atoms with Gasteiger partial charge < -0.3 is 15.2 Å². The maximum Gasteiger partial charge on any atom is 0.251 e. The van der Waals surface area contributed by atoms with Gasteiger partial charge in [0.25, 0.3) is 5.91 Å². The molecular formula is C22H21Cl4N5O2S. The number of amides is 2. The normalized spacial score (nSPS) is 12.0. The van der Waals surface area contributed by atoms with Crippen LogP contribution in [0.1, 0.15) is 36.1 Å². The van der Waals surface area contributed by atoms with Crippen molar-refractivity contribution in [3.63, 3.8) is 0 Å². The fraction of sp³-hybridized carbons (Fsp3) is 0.273. The Morgan fingerprint density at radius 1 is 1.00 bits per heavy atom. The monoisotopic (exact) mass is 559 g/mol. The van der Waals surface area contributed by atoms with Crippen molar-refractivity contribution in [3.05, 3.63) is 67.9 Å². The minimum atomic E-state index is -0.421. The highest BCUT2D eigenvalue weighted by atomic mass is 35.5. The zero-order chi connectivity index (χ0) is 25.0. The third-order valence-corrected chi connectivity index (χ3v) is 7.13. The van der Waals surface area contributed by atoms with Gasteiger partial charge in [0.1, 0.15) is 0 Å². The number of carbonyl (C=O) groups excluding carboxylic acids is 2. The molecule has 0 fully saturated rings. The summed E-state index contributed by atoms with van der Waals surface area (Å²) in [6, 6.07) is 9.10. The first-order valence-corrected chi connectivity index (χ1v) is 12.6. The van der Waals surface area contributed by atoms with Gasteiger partial charge in [0.15, 0.2) is 11.0 Å². The van der Waals surface area contributed by atoms with Crippen LogP contribution in [0.25, 0.3) is 0 Å². The predicted octanol–water partition coefficient (Wildman–Crippen LogP) is 6.29. The van der Waals surface area contributed by atoms with Crippen LogP contribution < -0.4 is 10.6 Å². The summed E-state index contributed by atoms with van der Waals surface area (Å²) in [7, 11) is 1.78. The highest BCUT2D eigenvalue weighted by Crippen LogP contribution is 2.28. The number of halogens is 4. The van der Waals surface area contributed by atoms with E-state index in [0.29, 0.717) is 42.3 Å². The van der Waals surface area contributed by atoms with Crippen molar-refractivity contribution in [2.75, 3.05) is 11.1 Å². The van der Waals surface area contributed by atoms with Gasteiger partial charge in [-0.3, -0.25) is 9.59 Å². The third kappa shape index (κ3) is 6.58. The fourth-order valence-corrected chi connectivity index (χ4v) is 4.49. The Balaban J connectivity index is 1.68. The van der Waals surface area contributed by atoms with Crippen molar-refractivity contribution in [3.8, 4) is 0 Å². The van der Waals surface area contributed by atoms with Crippen molar-refractivity contribution in [2.24, 2.45) is 13.0 Å². The molecule has 2 N–H and O–H groups in total. The Hall–Kier alpha value is -1.97. The van der Waals surface area contributed by atoms with Gasteiger partial charge in [-0.15, -0.1) is 10.2 Å². The second-order valence-electron chi connectivity index (χ2n) is 7.68. The molecule has 180 valence electrons. The molecule has 7 nitrogen and oxygen atoms in total. The number of nitrogens with one attached hydrogen (secondary N) is 2. The van der Waals surface area contributed by atoms with E-state index in [9.17, 15) is 9.59 Å². The zero-order valence-corrected chi connectivity index (χ0v) is 22.2. The Morgan fingerprint density at radius 2 is 1.74 bits per heavy atom. The van der Waals surface area contributed by atoms with Gasteiger partial charge >= 0.3 is 0 Å². The zero-order valence-electron chi connectivity index (χ0n) is 18.4. The van der Waals surface area contributed by atoms with Crippen LogP contribution in [0.15, 0.2) is 41.6 Å². The molecule has 2 aromatic carbocycles. The largest absolute Gasteiger partial charge is 0.342 e. The van der Waals surface area contributed by atoms with Crippen molar-refractivity contribution < 1.29 is 9.59 Å². The summed E-state index contributed by atoms with van der Waals surface area (Å²) < 4.78 is 1.76. The quantitative estimate of drug-likeness (QED) is 0.316. The van der Waals surface area contributed by atoms with E-state index in [0.717, 1.165) is 0 Å². The summed E-state index contributed by atoms with van der Waals surface area (Å²) in [6.07, 6.45) is 0. The molecule has 0 bridgehead atoms. The fourth-order valence-electron chi connectivity index (χ4n) is 3.02. The highest BCUT2D eigenvalue weighted by Gasteiger charge is 2.25. The van der Waals surface area contributed by atoms with Gasteiger partial charge in [-0.05, 0) is 42.3 Å². The number of aromatic nitrogens is 3. The van der Waals surface area contributed by atoms with E-state index in [1.165, 1.54) is 17.8 Å². The molecule has 0 aliphatic rings. The molecule has 1 heterocycles. The van der Waals surface area contributed by atoms with Crippen LogP contribution >= 0.6 is 58.2 Å². The van der Waals surface area contributed by atoms with Crippen molar-refractivity contribution in [2.45, 2.75) is 25.0 Å². The average Bonchev–Trinajstić information content (AvgIpc) is 3.14. The minimum absolute atomic E-state index is 0.0165. The van der Waals surface area contributed by atoms with Crippen LogP contribution in [0.5, 0.6) is 0 Å². The third-order valence-electron chi connectivity index (χ3n) is 4.82. The van der Waals surface area contributed by atoms with Gasteiger partial charge in [-0.25, -0.2) is 0 Å². The van der Waals surface area contributed by atoms with Crippen molar-refractivity contribution >= 4 is 75.7 Å². The lowest BCUT2D eigenvalue weighted by molar-refractivity contribution is -0.113. The van der Waals surface area contributed by atoms with Gasteiger partial charge in [0.2, 0.25) is 5.91 Å². The van der Waals surface area contributed by atoms with Crippen LogP contribution in [-0.4, -0.2) is 32.3 Å². The lowest BCUT2D eigenvalue weighted by atomic mass is 10.0. The topological polar surface area (TPSA) is 88.9 Å². The van der Waals surface area contributed by atoms with E-state index in [1.54, 1.807) is 41.9 Å². The molecule has 3 rings (SSSR count). The summed E-state index contributed by atoms with van der Waals surface area (Å²) in [6.45, 7) is 3.93. The van der Waals surface area contributed by atoms with Crippen molar-refractivity contribution in [1.82, 2.24) is 20.1 Å². The van der Waals surface area contributed by atoms with Gasteiger partial charge in [-0.2, -0.15) is 0 Å². The molecule has 34 heavy (non-hydrogen) atoms. The SMILES string of the molecule is CC(C)[C@@H](NC(=O)c1ccc(Cl)c(Cl)c1)c1nnc(SCC(=O)Nc2ccc(Cl)cc2Cl)n1C. The lowest BCUT2D eigenvalue weighted by Crippen LogP contribution is -2.33. The lowest BCUT2D eigenvalue weighted by Gasteiger charge is -2.22. The number of carbonyl (C=O) groups is 2. The smallest absolute Gasteiger partial charge is 0.251 e. The van der Waals surface area contributed by atoms with Gasteiger partial charge in [-0.1, -0.05) is 72.0 Å². The number of anilines is 1. The molecule has 0 aliphatic heterocycles. The second kappa shape index (κ2) is 11.6. The molecule has 0 unspecified atom stereocenters. The molecule has 0 aliphatic carbocycles. The summed E-state index contributed by atoms with van der Waals surface area (Å²) in [4.78, 5) is 25.2. The van der Waals surface area contributed by atoms with E-state index in [4.69, 9.17) is 46.4 Å². The van der Waals surface area contributed by atoms with Crippen molar-refractivity contribution in [1.29, 1.82) is 0 Å². The molecule has 3 aromatic rings. The molecule has 0 radical (unpaired) electrons. The van der Waals surface area contributed by atoms with E-state index in [1.807, 2.05) is 13.8 Å². The van der Waals surface area contributed by atoms with E-state index < -0.39 is 6.04 Å². The van der Waals surface area contributed by atoms with Crippen LogP contribution in [0.4, 0.5) is 5.69 Å². The Bertz CT molecular complexity index is 1220. The van der Waals surface area contributed by atoms with E-state index in [-0.39, 0.29) is 23.5 Å². The Kier molecular flexibility index (Phi) is 9.12. The maximum atomic E-state index is 12.8. The summed E-state index contributed by atoms with van der Waals surface area (Å²) in [5, 5.41) is 16.2. The number of hydrogen-bond donors (Lipinski definition) is 2. The standard InChI is InChI=1S/C22H21Cl4N5O2S/c1-11(2)19(28-21(33)12-4-6-14(24)15(25)8-12)20-29-30-22(31(20)3)34-10-18(32)27-17-7-5-13(23)9-16(17)26/h4-9,11,19H,10H2,1-3H3,(H,27,32)(H,28,33)/t19-/m1/s1. The molecule has 1 atom stereocenters. The number of hydrogen-bond acceptors (Lipinski definition) is 5. The Labute approximate surface area is 221 Å². The number of nitrogens with zero attached hydrogens (tertiary/aromatic N) is 3. The number of rotatable bonds is 8. The average molecular weight is 561 g/mol. The molecule has 2 amide bonds. The van der Waals surface area contributed by atoms with Crippen LogP contribution in [0, 0.1) is 5.92 Å². The second-order valence-corrected chi connectivity index (χ2v) is 10.3.